The van der Waals surface area contributed by atoms with Gasteiger partial charge in [-0.3, -0.25) is 14.6 Å². The van der Waals surface area contributed by atoms with Gasteiger partial charge in [0.1, 0.15) is 0 Å². The van der Waals surface area contributed by atoms with E-state index in [4.69, 9.17) is 16.3 Å². The topological polar surface area (TPSA) is 36.0 Å². The number of piperazine rings is 1. The van der Waals surface area contributed by atoms with Crippen LogP contribution in [0.5, 0.6) is 0 Å². The van der Waals surface area contributed by atoms with Crippen LogP contribution < -0.4 is 0 Å². The van der Waals surface area contributed by atoms with Crippen molar-refractivity contribution in [2.24, 2.45) is 0 Å². The fourth-order valence-corrected chi connectivity index (χ4v) is 5.25. The van der Waals surface area contributed by atoms with E-state index in [0.717, 1.165) is 57.5 Å². The zero-order valence-corrected chi connectivity index (χ0v) is 15.8. The normalized spacial score (nSPS) is 29.1. The number of likely N-dealkylation sites (tertiary alicyclic amines) is 1. The number of carbonyl (C=O) groups is 1. The number of hydrogen-bond donors (Lipinski definition) is 0. The highest BCUT2D eigenvalue weighted by atomic mass is 35.5. The summed E-state index contributed by atoms with van der Waals surface area (Å²) in [5.41, 5.74) is 0.842. The van der Waals surface area contributed by atoms with Gasteiger partial charge < -0.3 is 9.64 Å². The number of benzene rings is 1. The fraction of sp³-hybridized carbons (Fsp3) is 0.650. The summed E-state index contributed by atoms with van der Waals surface area (Å²) >= 11 is 5.98. The summed E-state index contributed by atoms with van der Waals surface area (Å²) in [5.74, 6) is 0.119. The molecule has 4 aliphatic rings. The predicted octanol–water partition coefficient (Wildman–Crippen LogP) is 2.10. The van der Waals surface area contributed by atoms with Gasteiger partial charge in [0.15, 0.2) is 0 Å². The first-order valence-electron chi connectivity index (χ1n) is 9.78. The third-order valence-corrected chi connectivity index (χ3v) is 6.97. The average molecular weight is 376 g/mol. The van der Waals surface area contributed by atoms with E-state index in [1.807, 2.05) is 12.1 Å². The molecule has 3 aliphatic heterocycles. The molecule has 0 N–H and O–H groups in total. The Labute approximate surface area is 159 Å². The molecule has 1 saturated carbocycles. The molecule has 5 nitrogen and oxygen atoms in total. The summed E-state index contributed by atoms with van der Waals surface area (Å²) in [5, 5.41) is 0.665. The van der Waals surface area contributed by atoms with Crippen LogP contribution in [0.1, 0.15) is 29.6 Å². The molecular formula is C20H26ClN3O2. The number of nitrogens with zero attached hydrogens (tertiary/aromatic N) is 3. The maximum atomic E-state index is 13.1. The molecule has 26 heavy (non-hydrogen) atoms. The molecule has 1 aromatic rings. The van der Waals surface area contributed by atoms with E-state index in [-0.39, 0.29) is 11.4 Å². The molecule has 0 aromatic heterocycles. The summed E-state index contributed by atoms with van der Waals surface area (Å²) < 4.78 is 5.75. The lowest BCUT2D eigenvalue weighted by molar-refractivity contribution is -0.171. The van der Waals surface area contributed by atoms with E-state index in [1.54, 1.807) is 12.1 Å². The lowest BCUT2D eigenvalue weighted by atomic mass is 9.78. The molecule has 1 spiro atoms. The molecule has 0 radical (unpaired) electrons. The standard InChI is InChI=1S/C20H26ClN3O2/c21-16-6-4-15(5-7-16)19(25)22-10-18-11-26-9-8-24(18)20(12-22)13-23(14-20)17-2-1-3-17/h4-7,17-18H,1-3,8-14H2/t18-/m1/s1. The second-order valence-corrected chi connectivity index (χ2v) is 8.77. The Morgan fingerprint density at radius 2 is 1.88 bits per heavy atom. The minimum absolute atomic E-state index is 0.115. The van der Waals surface area contributed by atoms with Gasteiger partial charge in [0.05, 0.1) is 24.8 Å². The number of hydrogen-bond acceptors (Lipinski definition) is 4. The molecule has 0 bridgehead atoms. The summed E-state index contributed by atoms with van der Waals surface area (Å²) in [6.07, 6.45) is 4.06. The third kappa shape index (κ3) is 2.76. The van der Waals surface area contributed by atoms with Crippen molar-refractivity contribution in [3.63, 3.8) is 0 Å². The molecule has 1 aliphatic carbocycles. The number of amides is 1. The Hall–Kier alpha value is -1.14. The summed E-state index contributed by atoms with van der Waals surface area (Å²) in [6, 6.07) is 8.36. The Balaban J connectivity index is 1.36. The van der Waals surface area contributed by atoms with Crippen LogP contribution in [0.4, 0.5) is 0 Å². The van der Waals surface area contributed by atoms with Crippen molar-refractivity contribution in [3.8, 4) is 0 Å². The number of carbonyl (C=O) groups excluding carboxylic acids is 1. The van der Waals surface area contributed by atoms with Crippen LogP contribution in [0.2, 0.25) is 5.02 Å². The molecule has 3 heterocycles. The highest BCUT2D eigenvalue weighted by molar-refractivity contribution is 6.30. The van der Waals surface area contributed by atoms with Crippen LogP contribution in [0, 0.1) is 0 Å². The van der Waals surface area contributed by atoms with Crippen LogP contribution in [-0.2, 0) is 4.74 Å². The number of fused-ring (bicyclic) bond motifs is 2. The van der Waals surface area contributed by atoms with Gasteiger partial charge in [-0.1, -0.05) is 18.0 Å². The quantitative estimate of drug-likeness (QED) is 0.793. The zero-order chi connectivity index (χ0) is 17.7. The Morgan fingerprint density at radius 1 is 1.12 bits per heavy atom. The van der Waals surface area contributed by atoms with Crippen LogP contribution in [0.25, 0.3) is 0 Å². The molecule has 1 amide bonds. The smallest absolute Gasteiger partial charge is 0.253 e. The van der Waals surface area contributed by atoms with Gasteiger partial charge in [0.25, 0.3) is 5.91 Å². The second kappa shape index (κ2) is 6.48. The van der Waals surface area contributed by atoms with E-state index in [1.165, 1.54) is 19.3 Å². The van der Waals surface area contributed by atoms with Gasteiger partial charge in [0, 0.05) is 49.4 Å². The second-order valence-electron chi connectivity index (χ2n) is 8.33. The Kier molecular flexibility index (Phi) is 4.24. The van der Waals surface area contributed by atoms with Gasteiger partial charge in [-0.25, -0.2) is 0 Å². The van der Waals surface area contributed by atoms with Crippen molar-refractivity contribution in [1.29, 1.82) is 0 Å². The van der Waals surface area contributed by atoms with E-state index >= 15 is 0 Å². The van der Waals surface area contributed by atoms with Gasteiger partial charge >= 0.3 is 0 Å². The molecule has 5 rings (SSSR count). The number of morpholine rings is 1. The van der Waals surface area contributed by atoms with Gasteiger partial charge in [-0.05, 0) is 37.1 Å². The molecule has 4 fully saturated rings. The predicted molar refractivity (Wildman–Crippen MR) is 101 cm³/mol. The maximum Gasteiger partial charge on any atom is 0.253 e. The van der Waals surface area contributed by atoms with Crippen LogP contribution in [0.3, 0.4) is 0 Å². The van der Waals surface area contributed by atoms with Crippen molar-refractivity contribution >= 4 is 17.5 Å². The van der Waals surface area contributed by atoms with Crippen molar-refractivity contribution in [2.75, 3.05) is 45.9 Å². The van der Waals surface area contributed by atoms with E-state index in [2.05, 4.69) is 14.7 Å². The number of ether oxygens (including phenoxy) is 1. The fourth-order valence-electron chi connectivity index (χ4n) is 5.13. The molecule has 0 unspecified atom stereocenters. The van der Waals surface area contributed by atoms with Gasteiger partial charge in [0.2, 0.25) is 0 Å². The summed E-state index contributed by atoms with van der Waals surface area (Å²) in [7, 11) is 0. The van der Waals surface area contributed by atoms with Crippen LogP contribution in [0.15, 0.2) is 24.3 Å². The Bertz CT molecular complexity index is 685. The minimum Gasteiger partial charge on any atom is -0.378 e. The van der Waals surface area contributed by atoms with E-state index < -0.39 is 0 Å². The van der Waals surface area contributed by atoms with E-state index in [9.17, 15) is 4.79 Å². The largest absolute Gasteiger partial charge is 0.378 e. The summed E-state index contributed by atoms with van der Waals surface area (Å²) in [6.45, 7) is 6.31. The van der Waals surface area contributed by atoms with Gasteiger partial charge in [-0.15, -0.1) is 0 Å². The zero-order valence-electron chi connectivity index (χ0n) is 15.1. The number of rotatable bonds is 2. The average Bonchev–Trinajstić information content (AvgIpc) is 2.58. The monoisotopic (exact) mass is 375 g/mol. The molecular weight excluding hydrogens is 350 g/mol. The molecule has 3 saturated heterocycles. The summed E-state index contributed by atoms with van der Waals surface area (Å²) in [4.78, 5) is 20.4. The van der Waals surface area contributed by atoms with E-state index in [0.29, 0.717) is 11.1 Å². The first-order chi connectivity index (χ1) is 12.6. The van der Waals surface area contributed by atoms with Crippen molar-refractivity contribution in [3.05, 3.63) is 34.9 Å². The first-order valence-corrected chi connectivity index (χ1v) is 10.2. The van der Waals surface area contributed by atoms with Crippen LogP contribution >= 0.6 is 11.6 Å². The molecule has 1 atom stereocenters. The molecule has 140 valence electrons. The SMILES string of the molecule is O=C(c1ccc(Cl)cc1)N1C[C@@H]2COCCN2C2(C1)CN(C1CCC1)C2. The van der Waals surface area contributed by atoms with Gasteiger partial charge in [-0.2, -0.15) is 0 Å². The minimum atomic E-state index is 0.115. The van der Waals surface area contributed by atoms with Crippen molar-refractivity contribution in [2.45, 2.75) is 36.9 Å². The lowest BCUT2D eigenvalue weighted by Crippen LogP contribution is -2.82. The van der Waals surface area contributed by atoms with Crippen molar-refractivity contribution in [1.82, 2.24) is 14.7 Å². The third-order valence-electron chi connectivity index (χ3n) is 6.72. The number of halogens is 1. The Morgan fingerprint density at radius 3 is 2.58 bits per heavy atom. The first kappa shape index (κ1) is 17.0. The molecule has 1 aromatic carbocycles. The van der Waals surface area contributed by atoms with Crippen LogP contribution in [-0.4, -0.2) is 84.2 Å². The molecule has 6 heteroatoms. The van der Waals surface area contributed by atoms with Crippen molar-refractivity contribution < 1.29 is 9.53 Å². The highest BCUT2D eigenvalue weighted by Crippen LogP contribution is 2.40. The maximum absolute atomic E-state index is 13.1. The highest BCUT2D eigenvalue weighted by Gasteiger charge is 2.56. The lowest BCUT2D eigenvalue weighted by Gasteiger charge is -2.65.